The summed E-state index contributed by atoms with van der Waals surface area (Å²) in [5.74, 6) is -2.73. The van der Waals surface area contributed by atoms with Crippen LogP contribution in [0.5, 0.6) is 0 Å². The minimum absolute atomic E-state index is 0.337. The fraction of sp³-hybridized carbons (Fsp3) is 0.100. The summed E-state index contributed by atoms with van der Waals surface area (Å²) >= 11 is 6.29. The Labute approximate surface area is 268 Å². The normalized spacial score (nSPS) is 11.8. The summed E-state index contributed by atoms with van der Waals surface area (Å²) in [5.41, 5.74) is 10.2. The maximum absolute atomic E-state index is 13.5. The van der Waals surface area contributed by atoms with E-state index in [2.05, 4.69) is 31.0 Å². The Morgan fingerprint density at radius 1 is 1.09 bits per heavy atom. The van der Waals surface area contributed by atoms with Gasteiger partial charge in [-0.25, -0.2) is 4.79 Å². The van der Waals surface area contributed by atoms with Crippen LogP contribution in [-0.4, -0.2) is 53.6 Å². The van der Waals surface area contributed by atoms with Crippen LogP contribution in [0.1, 0.15) is 27.7 Å². The average Bonchev–Trinajstić information content (AvgIpc) is 3.71. The van der Waals surface area contributed by atoms with Crippen molar-refractivity contribution in [2.45, 2.75) is 18.6 Å². The molecule has 240 valence electrons. The molecule has 3 aromatic heterocycles. The molecule has 13 nitrogen and oxygen atoms in total. The van der Waals surface area contributed by atoms with Gasteiger partial charge in [-0.3, -0.25) is 9.89 Å². The van der Waals surface area contributed by atoms with Gasteiger partial charge in [-0.15, -0.1) is 5.10 Å². The number of tetrazole rings is 1. The average molecular weight is 666 g/mol. The first-order valence-electron chi connectivity index (χ1n) is 13.6. The number of carbonyl (C=O) groups excluding carboxylic acids is 1. The van der Waals surface area contributed by atoms with Crippen molar-refractivity contribution < 1.29 is 32.6 Å². The van der Waals surface area contributed by atoms with E-state index < -0.39 is 18.2 Å². The predicted molar refractivity (Wildman–Crippen MR) is 163 cm³/mol. The molecule has 1 atom stereocenters. The topological polar surface area (TPSA) is 192 Å². The molecule has 0 aliphatic heterocycles. The summed E-state index contributed by atoms with van der Waals surface area (Å²) in [6, 6.07) is 22.9. The molecule has 17 heteroatoms. The van der Waals surface area contributed by atoms with Gasteiger partial charge in [0.1, 0.15) is 12.4 Å². The van der Waals surface area contributed by atoms with Gasteiger partial charge in [-0.1, -0.05) is 41.9 Å². The second kappa shape index (κ2) is 13.5. The van der Waals surface area contributed by atoms with E-state index in [-0.39, 0.29) is 5.91 Å². The van der Waals surface area contributed by atoms with E-state index in [0.29, 0.717) is 50.8 Å². The number of carboxylic acid groups (broad SMARTS) is 1. The van der Waals surface area contributed by atoms with E-state index in [0.717, 1.165) is 15.7 Å². The molecule has 0 radical (unpaired) electrons. The molecule has 0 saturated carbocycles. The van der Waals surface area contributed by atoms with E-state index in [4.69, 9.17) is 27.2 Å². The lowest BCUT2D eigenvalue weighted by atomic mass is 10.00. The van der Waals surface area contributed by atoms with Gasteiger partial charge in [-0.05, 0) is 58.5 Å². The largest absolute Gasteiger partial charge is 0.618 e. The zero-order valence-electron chi connectivity index (χ0n) is 23.9. The summed E-state index contributed by atoms with van der Waals surface area (Å²) in [4.78, 5) is 22.3. The van der Waals surface area contributed by atoms with Gasteiger partial charge in [0, 0.05) is 39.6 Å². The molecule has 5 N–H and O–H groups in total. The van der Waals surface area contributed by atoms with E-state index in [1.165, 1.54) is 17.2 Å². The molecule has 3 aromatic carbocycles. The third-order valence-electron chi connectivity index (χ3n) is 6.85. The lowest BCUT2D eigenvalue weighted by molar-refractivity contribution is -0.615. The van der Waals surface area contributed by atoms with Crippen molar-refractivity contribution >= 4 is 40.2 Å². The number of aromatic amines is 1. The van der Waals surface area contributed by atoms with Crippen LogP contribution in [0.15, 0.2) is 91.4 Å². The summed E-state index contributed by atoms with van der Waals surface area (Å²) < 4.78 is 34.0. The number of aromatic nitrogens is 7. The van der Waals surface area contributed by atoms with Gasteiger partial charge in [0.25, 0.3) is 5.91 Å². The molecule has 0 bridgehead atoms. The monoisotopic (exact) mass is 665 g/mol. The number of nitrogens with one attached hydrogen (secondary N) is 2. The molecular formula is C30H23ClF3N9O4. The number of carbonyl (C=O) groups is 2. The summed E-state index contributed by atoms with van der Waals surface area (Å²) in [7, 11) is 0. The lowest BCUT2D eigenvalue weighted by Crippen LogP contribution is -2.40. The Morgan fingerprint density at radius 3 is 2.49 bits per heavy atom. The molecule has 0 saturated heterocycles. The fourth-order valence-electron chi connectivity index (χ4n) is 4.64. The van der Waals surface area contributed by atoms with Crippen molar-refractivity contribution in [1.82, 2.24) is 35.7 Å². The number of alkyl halides is 3. The second-order valence-corrected chi connectivity index (χ2v) is 10.4. The molecule has 3 heterocycles. The number of hydrogen-bond acceptors (Lipinski definition) is 8. The number of nitrogen functional groups attached to an aromatic ring is 1. The Balaban J connectivity index is 0.000000559. The molecule has 6 rings (SSSR count). The minimum Gasteiger partial charge on any atom is -0.618 e. The lowest BCUT2D eigenvalue weighted by Gasteiger charge is -2.19. The number of halogens is 4. The molecule has 0 spiro atoms. The van der Waals surface area contributed by atoms with Crippen molar-refractivity contribution in [3.63, 3.8) is 0 Å². The number of pyridine rings is 1. The number of anilines is 1. The maximum atomic E-state index is 13.5. The SMILES string of the molecule is Nc1n[nH]c2cc(C(=O)NC(Cc3ccccc3)c3ccc(-c4cc(Cl)ccc4-n4cnnn4)c[n+]3[O-])ccc12.O=C(O)C(F)(F)F. The first kappa shape index (κ1) is 32.4. The highest BCUT2D eigenvalue weighted by atomic mass is 35.5. The predicted octanol–water partition coefficient (Wildman–Crippen LogP) is 4.42. The quantitative estimate of drug-likeness (QED) is 0.141. The highest BCUT2D eigenvalue weighted by molar-refractivity contribution is 6.31. The van der Waals surface area contributed by atoms with Crippen LogP contribution in [0.4, 0.5) is 19.0 Å². The molecule has 47 heavy (non-hydrogen) atoms. The number of amides is 1. The zero-order valence-corrected chi connectivity index (χ0v) is 24.6. The number of aliphatic carboxylic acids is 1. The summed E-state index contributed by atoms with van der Waals surface area (Å²) in [5, 5.41) is 43.1. The van der Waals surface area contributed by atoms with E-state index in [1.54, 1.807) is 42.5 Å². The number of H-pyrrole nitrogens is 1. The summed E-state index contributed by atoms with van der Waals surface area (Å²) in [6.07, 6.45) is -1.76. The molecule has 0 aliphatic carbocycles. The van der Waals surface area contributed by atoms with Gasteiger partial charge < -0.3 is 21.4 Å². The smallest absolute Gasteiger partial charge is 0.490 e. The Morgan fingerprint density at radius 2 is 1.83 bits per heavy atom. The first-order valence-corrected chi connectivity index (χ1v) is 13.9. The summed E-state index contributed by atoms with van der Waals surface area (Å²) in [6.45, 7) is 0. The number of hydrogen-bond donors (Lipinski definition) is 4. The fourth-order valence-corrected chi connectivity index (χ4v) is 4.81. The molecule has 6 aromatic rings. The number of nitrogens with two attached hydrogens (primary N) is 1. The Bertz CT molecular complexity index is 2040. The van der Waals surface area contributed by atoms with E-state index in [1.807, 2.05) is 36.4 Å². The molecular weight excluding hydrogens is 643 g/mol. The molecule has 1 amide bonds. The third kappa shape index (κ3) is 7.62. The van der Waals surface area contributed by atoms with Crippen molar-refractivity contribution in [3.05, 3.63) is 118 Å². The third-order valence-corrected chi connectivity index (χ3v) is 7.09. The number of nitrogens with zero attached hydrogens (tertiary/aromatic N) is 6. The highest BCUT2D eigenvalue weighted by Crippen LogP contribution is 2.30. The number of carboxylic acids is 1. The van der Waals surface area contributed by atoms with Gasteiger partial charge in [0.2, 0.25) is 5.69 Å². The van der Waals surface area contributed by atoms with Gasteiger partial charge >= 0.3 is 12.1 Å². The van der Waals surface area contributed by atoms with Crippen LogP contribution in [-0.2, 0) is 11.2 Å². The molecule has 0 fully saturated rings. The van der Waals surface area contributed by atoms with Crippen molar-refractivity contribution in [2.24, 2.45) is 0 Å². The van der Waals surface area contributed by atoms with E-state index >= 15 is 0 Å². The first-order chi connectivity index (χ1) is 22.4. The van der Waals surface area contributed by atoms with Crippen LogP contribution in [0.3, 0.4) is 0 Å². The van der Waals surface area contributed by atoms with Gasteiger partial charge in [0.15, 0.2) is 12.0 Å². The van der Waals surface area contributed by atoms with Crippen LogP contribution in [0.2, 0.25) is 5.02 Å². The van der Waals surface area contributed by atoms with Crippen LogP contribution in [0, 0.1) is 5.21 Å². The van der Waals surface area contributed by atoms with Crippen molar-refractivity contribution in [1.29, 1.82) is 0 Å². The number of rotatable bonds is 7. The van der Waals surface area contributed by atoms with Crippen LogP contribution < -0.4 is 15.8 Å². The Kier molecular flexibility index (Phi) is 9.32. The van der Waals surface area contributed by atoms with Crippen LogP contribution in [0.25, 0.3) is 27.7 Å². The van der Waals surface area contributed by atoms with Crippen molar-refractivity contribution in [3.8, 4) is 16.8 Å². The minimum atomic E-state index is -5.08. The zero-order chi connectivity index (χ0) is 33.7. The van der Waals surface area contributed by atoms with Gasteiger partial charge in [-0.2, -0.15) is 27.7 Å². The Hall–Kier alpha value is -6.03. The van der Waals surface area contributed by atoms with Gasteiger partial charge in [0.05, 0.1) is 11.2 Å². The molecule has 1 unspecified atom stereocenters. The highest BCUT2D eigenvalue weighted by Gasteiger charge is 2.38. The second-order valence-electron chi connectivity index (χ2n) is 9.97. The van der Waals surface area contributed by atoms with Crippen molar-refractivity contribution in [2.75, 3.05) is 5.73 Å². The van der Waals surface area contributed by atoms with E-state index in [9.17, 15) is 23.2 Å². The maximum Gasteiger partial charge on any atom is 0.490 e. The standard InChI is InChI=1S/C28H22ClN9O2.C2HF3O2/c29-20-8-11-25(37-16-31-35-36-37)22(14-20)19-7-10-26(38(40)15-19)24(12-17-4-2-1-3-5-17)32-28(39)18-6-9-21-23(13-18)33-34-27(21)30;3-2(4,5)1(6)7/h1-11,13-16,24H,12H2,(H,32,39)(H3,30,33,34);(H,6,7). The molecule has 0 aliphatic rings. The number of fused-ring (bicyclic) bond motifs is 1. The number of benzene rings is 3. The van der Waals surface area contributed by atoms with Crippen LogP contribution >= 0.6 is 11.6 Å².